The standard InChI is InChI=1S/C58H36N4/c1-3-19-43(20-4-1)61-53-25-13-11-23-45(53)47-33-41(27-29-55(47)61)57-49-31-37-15-7-9-17-39(37)35-51(49)60-58(50-32-38-16-8-10-18-40(38)36-52(50)59-57)42-28-30-56-48(34-42)46-24-12-14-26-54(46)62(56)44-21-5-2-6-22-44/h1-36H. The molecule has 0 unspecified atom stereocenters. The Morgan fingerprint density at radius 3 is 1.06 bits per heavy atom. The minimum absolute atomic E-state index is 0.884. The normalized spacial score (nSPS) is 12.7. The van der Waals surface area contributed by atoms with Crippen LogP contribution in [0.25, 0.3) is 76.5 Å². The van der Waals surface area contributed by atoms with E-state index in [0.717, 1.165) is 89.0 Å². The number of para-hydroxylation sites is 4. The van der Waals surface area contributed by atoms with Gasteiger partial charge in [0.05, 0.1) is 44.9 Å². The largest absolute Gasteiger partial charge is 0.309 e. The lowest BCUT2D eigenvalue weighted by molar-refractivity contribution is 1.18. The van der Waals surface area contributed by atoms with Gasteiger partial charge < -0.3 is 9.13 Å². The van der Waals surface area contributed by atoms with E-state index in [-0.39, 0.29) is 0 Å². The van der Waals surface area contributed by atoms with Crippen LogP contribution in [0, 0.1) is 0 Å². The van der Waals surface area contributed by atoms with Gasteiger partial charge in [0.1, 0.15) is 0 Å². The van der Waals surface area contributed by atoms with Crippen molar-refractivity contribution in [2.75, 3.05) is 0 Å². The molecule has 12 aromatic rings. The van der Waals surface area contributed by atoms with Crippen molar-refractivity contribution in [1.82, 2.24) is 9.13 Å². The molecule has 3 heterocycles. The summed E-state index contributed by atoms with van der Waals surface area (Å²) in [6.45, 7) is 0. The van der Waals surface area contributed by atoms with E-state index < -0.39 is 0 Å². The number of nitrogens with zero attached hydrogens (tertiary/aromatic N) is 4. The Morgan fingerprint density at radius 2 is 0.629 bits per heavy atom. The maximum atomic E-state index is 5.78. The molecule has 0 fully saturated rings. The molecule has 0 saturated carbocycles. The maximum absolute atomic E-state index is 5.78. The summed E-state index contributed by atoms with van der Waals surface area (Å²) in [5.41, 5.74) is 14.5. The summed E-state index contributed by atoms with van der Waals surface area (Å²) in [5, 5.41) is 9.33. The number of hydrogen-bond acceptors (Lipinski definition) is 2. The van der Waals surface area contributed by atoms with E-state index in [4.69, 9.17) is 9.98 Å². The molecule has 0 aliphatic carbocycles. The lowest BCUT2D eigenvalue weighted by Crippen LogP contribution is -2.10. The predicted octanol–water partition coefficient (Wildman–Crippen LogP) is 14.8. The van der Waals surface area contributed by atoms with Gasteiger partial charge in [-0.05, 0) is 106 Å². The lowest BCUT2D eigenvalue weighted by atomic mass is 9.92. The van der Waals surface area contributed by atoms with Crippen LogP contribution in [0.2, 0.25) is 0 Å². The summed E-state index contributed by atoms with van der Waals surface area (Å²) in [6, 6.07) is 78.5. The highest BCUT2D eigenvalue weighted by Crippen LogP contribution is 2.41. The van der Waals surface area contributed by atoms with Crippen molar-refractivity contribution in [2.45, 2.75) is 0 Å². The molecule has 0 spiro atoms. The van der Waals surface area contributed by atoms with Crippen LogP contribution in [0.3, 0.4) is 0 Å². The average Bonchev–Trinajstić information content (AvgIpc) is 3.84. The zero-order valence-electron chi connectivity index (χ0n) is 33.6. The van der Waals surface area contributed by atoms with Crippen molar-refractivity contribution in [2.24, 2.45) is 9.98 Å². The third kappa shape index (κ3) is 5.33. The SMILES string of the molecule is c1ccc(-n2c3ccccc3c3cc(C4=Nc5cc6ccccc6cc5C(c5ccc6c(c5)c5ccccc5n6-c5ccccc5)=Nc5cc6ccccc6cc54)ccc32)cc1. The summed E-state index contributed by atoms with van der Waals surface area (Å²) in [7, 11) is 0. The maximum Gasteiger partial charge on any atom is 0.0803 e. The summed E-state index contributed by atoms with van der Waals surface area (Å²) in [4.78, 5) is 11.6. The number of aliphatic imine (C=N–C) groups is 2. The van der Waals surface area contributed by atoms with Gasteiger partial charge in [0, 0.05) is 55.2 Å². The molecule has 0 amide bonds. The van der Waals surface area contributed by atoms with Crippen LogP contribution in [-0.2, 0) is 0 Å². The van der Waals surface area contributed by atoms with Crippen LogP contribution in [0.15, 0.2) is 228 Å². The van der Waals surface area contributed by atoms with Crippen molar-refractivity contribution < 1.29 is 0 Å². The first-order valence-corrected chi connectivity index (χ1v) is 21.2. The smallest absolute Gasteiger partial charge is 0.0803 e. The molecule has 2 aromatic heterocycles. The molecule has 4 nitrogen and oxygen atoms in total. The van der Waals surface area contributed by atoms with E-state index >= 15 is 0 Å². The van der Waals surface area contributed by atoms with Gasteiger partial charge >= 0.3 is 0 Å². The quantitative estimate of drug-likeness (QED) is 0.170. The Kier molecular flexibility index (Phi) is 7.57. The van der Waals surface area contributed by atoms with Crippen molar-refractivity contribution >= 4 is 88.0 Å². The number of aromatic nitrogens is 2. The minimum Gasteiger partial charge on any atom is -0.309 e. The molecule has 1 aliphatic rings. The molecular weight excluding hydrogens is 753 g/mol. The van der Waals surface area contributed by atoms with Crippen molar-refractivity contribution in [3.63, 3.8) is 0 Å². The second-order valence-electron chi connectivity index (χ2n) is 16.2. The molecule has 0 radical (unpaired) electrons. The number of rotatable bonds is 4. The van der Waals surface area contributed by atoms with Gasteiger partial charge in [-0.3, -0.25) is 0 Å². The highest BCUT2D eigenvalue weighted by Gasteiger charge is 2.24. The van der Waals surface area contributed by atoms with Gasteiger partial charge in [-0.1, -0.05) is 133 Å². The predicted molar refractivity (Wildman–Crippen MR) is 260 cm³/mol. The van der Waals surface area contributed by atoms with Gasteiger partial charge in [-0.15, -0.1) is 0 Å². The van der Waals surface area contributed by atoms with Crippen LogP contribution >= 0.6 is 0 Å². The van der Waals surface area contributed by atoms with Gasteiger partial charge in [0.25, 0.3) is 0 Å². The van der Waals surface area contributed by atoms with E-state index in [2.05, 4.69) is 228 Å². The topological polar surface area (TPSA) is 34.6 Å². The Bertz CT molecular complexity index is 3590. The molecule has 4 heteroatoms. The van der Waals surface area contributed by atoms with E-state index in [0.29, 0.717) is 0 Å². The fraction of sp³-hybridized carbons (Fsp3) is 0. The molecule has 0 atom stereocenters. The Labute approximate surface area is 357 Å². The number of fused-ring (bicyclic) bond motifs is 10. The Morgan fingerprint density at radius 1 is 0.274 bits per heavy atom. The van der Waals surface area contributed by atoms with Gasteiger partial charge in [-0.2, -0.15) is 0 Å². The molecule has 62 heavy (non-hydrogen) atoms. The lowest BCUT2D eigenvalue weighted by Gasteiger charge is -2.20. The molecule has 13 rings (SSSR count). The molecule has 0 N–H and O–H groups in total. The van der Waals surface area contributed by atoms with E-state index in [1.54, 1.807) is 0 Å². The average molecular weight is 789 g/mol. The summed E-state index contributed by atoms with van der Waals surface area (Å²) in [5.74, 6) is 0. The molecule has 10 aromatic carbocycles. The molecule has 1 aliphatic heterocycles. The van der Waals surface area contributed by atoms with Gasteiger partial charge in [-0.25, -0.2) is 9.98 Å². The third-order valence-corrected chi connectivity index (χ3v) is 12.6. The number of benzene rings is 10. The van der Waals surface area contributed by atoms with E-state index in [1.165, 1.54) is 32.6 Å². The van der Waals surface area contributed by atoms with Crippen LogP contribution in [-0.4, -0.2) is 20.6 Å². The first kappa shape index (κ1) is 34.5. The van der Waals surface area contributed by atoms with Crippen molar-refractivity contribution in [1.29, 1.82) is 0 Å². The molecular formula is C58H36N4. The number of hydrogen-bond donors (Lipinski definition) is 0. The molecule has 288 valence electrons. The highest BCUT2D eigenvalue weighted by molar-refractivity contribution is 6.26. The summed E-state index contributed by atoms with van der Waals surface area (Å²) in [6.07, 6.45) is 0. The van der Waals surface area contributed by atoms with E-state index in [9.17, 15) is 0 Å². The first-order valence-electron chi connectivity index (χ1n) is 21.2. The fourth-order valence-electron chi connectivity index (χ4n) is 9.77. The van der Waals surface area contributed by atoms with Crippen molar-refractivity contribution in [3.05, 3.63) is 241 Å². The highest BCUT2D eigenvalue weighted by atomic mass is 15.0. The van der Waals surface area contributed by atoms with Crippen LogP contribution in [0.1, 0.15) is 22.3 Å². The summed E-state index contributed by atoms with van der Waals surface area (Å²) >= 11 is 0. The van der Waals surface area contributed by atoms with E-state index in [1.807, 2.05) is 0 Å². The molecule has 0 bridgehead atoms. The molecule has 0 saturated heterocycles. The van der Waals surface area contributed by atoms with Crippen LogP contribution in [0.4, 0.5) is 11.4 Å². The second-order valence-corrected chi connectivity index (χ2v) is 16.2. The van der Waals surface area contributed by atoms with Gasteiger partial charge in [0.15, 0.2) is 0 Å². The van der Waals surface area contributed by atoms with Crippen molar-refractivity contribution in [3.8, 4) is 11.4 Å². The monoisotopic (exact) mass is 788 g/mol. The van der Waals surface area contributed by atoms with Crippen LogP contribution in [0.5, 0.6) is 0 Å². The van der Waals surface area contributed by atoms with Crippen LogP contribution < -0.4 is 0 Å². The Hall–Kier alpha value is -8.34. The summed E-state index contributed by atoms with van der Waals surface area (Å²) < 4.78 is 4.73. The fourth-order valence-corrected chi connectivity index (χ4v) is 9.77. The zero-order chi connectivity index (χ0) is 40.7. The first-order chi connectivity index (χ1) is 30.7. The second kappa shape index (κ2) is 13.6. The zero-order valence-corrected chi connectivity index (χ0v) is 33.6. The Balaban J connectivity index is 1.09. The van der Waals surface area contributed by atoms with Gasteiger partial charge in [0.2, 0.25) is 0 Å². The third-order valence-electron chi connectivity index (χ3n) is 12.6. The minimum atomic E-state index is 0.884.